The van der Waals surface area contributed by atoms with Gasteiger partial charge in [0, 0.05) is 10.5 Å². The number of unbranched alkanes of at least 4 members (excludes halogenated alkanes) is 1. The molecular formula is C12H20OS. The first-order chi connectivity index (χ1) is 6.72. The van der Waals surface area contributed by atoms with Gasteiger partial charge in [-0.15, -0.1) is 6.58 Å². The van der Waals surface area contributed by atoms with E-state index >= 15 is 0 Å². The Kier molecular flexibility index (Phi) is 3.23. The number of hydrogen-bond donors (Lipinski definition) is 1. The van der Waals surface area contributed by atoms with E-state index in [-0.39, 0.29) is 5.60 Å². The van der Waals surface area contributed by atoms with E-state index in [1.807, 2.05) is 6.08 Å². The minimum Gasteiger partial charge on any atom is -0.390 e. The Morgan fingerprint density at radius 2 is 2.00 bits per heavy atom. The van der Waals surface area contributed by atoms with Gasteiger partial charge in [0.05, 0.1) is 5.60 Å². The zero-order valence-electron chi connectivity index (χ0n) is 8.74. The maximum atomic E-state index is 10.4. The molecule has 0 aromatic rings. The van der Waals surface area contributed by atoms with Crippen molar-refractivity contribution >= 4 is 11.8 Å². The van der Waals surface area contributed by atoms with Crippen LogP contribution in [0.3, 0.4) is 0 Å². The summed E-state index contributed by atoms with van der Waals surface area (Å²) in [6, 6.07) is 0. The lowest BCUT2D eigenvalue weighted by Crippen LogP contribution is -2.37. The van der Waals surface area contributed by atoms with E-state index < -0.39 is 0 Å². The molecular weight excluding hydrogens is 192 g/mol. The Labute approximate surface area is 91.0 Å². The first kappa shape index (κ1) is 10.6. The number of thioether (sulfide) groups is 1. The number of hydrogen-bond acceptors (Lipinski definition) is 2. The van der Waals surface area contributed by atoms with Crippen molar-refractivity contribution in [3.63, 3.8) is 0 Å². The maximum absolute atomic E-state index is 10.4. The molecule has 2 aliphatic rings. The van der Waals surface area contributed by atoms with E-state index in [1.54, 1.807) is 0 Å². The van der Waals surface area contributed by atoms with Gasteiger partial charge in [0.15, 0.2) is 0 Å². The minimum absolute atomic E-state index is 0.333. The predicted octanol–water partition coefficient (Wildman–Crippen LogP) is 3.13. The molecule has 1 nitrogen and oxygen atoms in total. The summed E-state index contributed by atoms with van der Waals surface area (Å²) in [5, 5.41) is 11.9. The van der Waals surface area contributed by atoms with Gasteiger partial charge in [0.25, 0.3) is 0 Å². The fourth-order valence-corrected chi connectivity index (χ4v) is 4.69. The third kappa shape index (κ3) is 2.34. The Morgan fingerprint density at radius 1 is 1.36 bits per heavy atom. The molecule has 0 aromatic heterocycles. The van der Waals surface area contributed by atoms with Gasteiger partial charge in [-0.1, -0.05) is 6.08 Å². The Hall–Kier alpha value is 0.0500. The van der Waals surface area contributed by atoms with Crippen LogP contribution in [-0.4, -0.2) is 21.2 Å². The monoisotopic (exact) mass is 212 g/mol. The minimum atomic E-state index is -0.333. The third-order valence-electron chi connectivity index (χ3n) is 3.46. The standard InChI is InChI=1S/C12H20OS/c1-2-3-4-7-12(13)8-10-5-6-11(9-12)14-10/h2,10-11,13H,1,3-9H2. The topological polar surface area (TPSA) is 20.2 Å². The van der Waals surface area contributed by atoms with Crippen LogP contribution in [0.25, 0.3) is 0 Å². The van der Waals surface area contributed by atoms with Gasteiger partial charge in [-0.25, -0.2) is 0 Å². The number of fused-ring (bicyclic) bond motifs is 2. The van der Waals surface area contributed by atoms with Crippen molar-refractivity contribution in [2.24, 2.45) is 0 Å². The van der Waals surface area contributed by atoms with Crippen molar-refractivity contribution in [3.05, 3.63) is 12.7 Å². The molecule has 0 amide bonds. The highest BCUT2D eigenvalue weighted by atomic mass is 32.2. The molecule has 2 heteroatoms. The van der Waals surface area contributed by atoms with Crippen molar-refractivity contribution in [3.8, 4) is 0 Å². The predicted molar refractivity (Wildman–Crippen MR) is 62.6 cm³/mol. The van der Waals surface area contributed by atoms with Gasteiger partial charge < -0.3 is 5.11 Å². The summed E-state index contributed by atoms with van der Waals surface area (Å²) in [6.07, 6.45) is 9.81. The molecule has 2 atom stereocenters. The van der Waals surface area contributed by atoms with Crippen LogP contribution in [-0.2, 0) is 0 Å². The second kappa shape index (κ2) is 4.28. The maximum Gasteiger partial charge on any atom is 0.0669 e. The number of rotatable bonds is 4. The van der Waals surface area contributed by atoms with E-state index in [0.29, 0.717) is 0 Å². The van der Waals surface area contributed by atoms with Gasteiger partial charge in [-0.2, -0.15) is 11.8 Å². The highest BCUT2D eigenvalue weighted by Crippen LogP contribution is 2.48. The lowest BCUT2D eigenvalue weighted by Gasteiger charge is -2.36. The third-order valence-corrected chi connectivity index (χ3v) is 5.04. The van der Waals surface area contributed by atoms with Crippen LogP contribution >= 0.6 is 11.8 Å². The molecule has 14 heavy (non-hydrogen) atoms. The molecule has 2 unspecified atom stereocenters. The molecule has 1 N–H and O–H groups in total. The zero-order valence-corrected chi connectivity index (χ0v) is 9.56. The molecule has 0 radical (unpaired) electrons. The normalized spacial score (nSPS) is 41.2. The smallest absolute Gasteiger partial charge is 0.0669 e. The SMILES string of the molecule is C=CCCCC1(O)CC2CCC(C1)S2. The summed E-state index contributed by atoms with van der Waals surface area (Å²) < 4.78 is 0. The summed E-state index contributed by atoms with van der Waals surface area (Å²) >= 11 is 2.11. The average Bonchev–Trinajstić information content (AvgIpc) is 2.46. The van der Waals surface area contributed by atoms with Crippen molar-refractivity contribution in [1.29, 1.82) is 0 Å². The number of aliphatic hydroxyl groups is 1. The molecule has 2 fully saturated rings. The molecule has 2 aliphatic heterocycles. The Morgan fingerprint density at radius 3 is 2.57 bits per heavy atom. The van der Waals surface area contributed by atoms with Crippen molar-refractivity contribution in [2.45, 2.75) is 61.0 Å². The molecule has 80 valence electrons. The van der Waals surface area contributed by atoms with Crippen LogP contribution in [0.4, 0.5) is 0 Å². The lowest BCUT2D eigenvalue weighted by atomic mass is 9.88. The summed E-state index contributed by atoms with van der Waals surface area (Å²) in [6.45, 7) is 3.72. The second-order valence-corrected chi connectivity index (χ2v) is 6.38. The van der Waals surface area contributed by atoms with E-state index in [4.69, 9.17) is 0 Å². The van der Waals surface area contributed by atoms with E-state index in [0.717, 1.165) is 42.6 Å². The summed E-state index contributed by atoms with van der Waals surface area (Å²) in [4.78, 5) is 0. The largest absolute Gasteiger partial charge is 0.390 e. The first-order valence-corrected chi connectivity index (χ1v) is 6.65. The molecule has 2 saturated heterocycles. The lowest BCUT2D eigenvalue weighted by molar-refractivity contribution is 0.0138. The van der Waals surface area contributed by atoms with Crippen LogP contribution in [0.5, 0.6) is 0 Å². The van der Waals surface area contributed by atoms with Crippen molar-refractivity contribution < 1.29 is 5.11 Å². The number of allylic oxidation sites excluding steroid dienone is 1. The van der Waals surface area contributed by atoms with Gasteiger partial charge in [0.2, 0.25) is 0 Å². The molecule has 0 aromatic carbocycles. The fraction of sp³-hybridized carbons (Fsp3) is 0.833. The highest BCUT2D eigenvalue weighted by molar-refractivity contribution is 8.00. The van der Waals surface area contributed by atoms with Crippen LogP contribution in [0.15, 0.2) is 12.7 Å². The zero-order chi connectivity index (χ0) is 10.0. The van der Waals surface area contributed by atoms with Gasteiger partial charge in [0.1, 0.15) is 0 Å². The van der Waals surface area contributed by atoms with Crippen molar-refractivity contribution in [1.82, 2.24) is 0 Å². The summed E-state index contributed by atoms with van der Waals surface area (Å²) in [5.74, 6) is 0. The van der Waals surface area contributed by atoms with Crippen LogP contribution < -0.4 is 0 Å². The van der Waals surface area contributed by atoms with E-state index in [1.165, 1.54) is 12.8 Å². The Bertz CT molecular complexity index is 202. The highest BCUT2D eigenvalue weighted by Gasteiger charge is 2.42. The Balaban J connectivity index is 1.86. The molecule has 0 saturated carbocycles. The quantitative estimate of drug-likeness (QED) is 0.570. The second-order valence-electron chi connectivity index (χ2n) is 4.77. The van der Waals surface area contributed by atoms with Crippen LogP contribution in [0.2, 0.25) is 0 Å². The molecule has 0 aliphatic carbocycles. The van der Waals surface area contributed by atoms with Crippen LogP contribution in [0, 0.1) is 0 Å². The van der Waals surface area contributed by atoms with Crippen molar-refractivity contribution in [2.75, 3.05) is 0 Å². The summed E-state index contributed by atoms with van der Waals surface area (Å²) in [5.41, 5.74) is -0.333. The molecule has 2 heterocycles. The van der Waals surface area contributed by atoms with E-state index in [2.05, 4.69) is 18.3 Å². The van der Waals surface area contributed by atoms with Gasteiger partial charge in [-0.3, -0.25) is 0 Å². The average molecular weight is 212 g/mol. The first-order valence-electron chi connectivity index (χ1n) is 5.71. The molecule has 2 bridgehead atoms. The van der Waals surface area contributed by atoms with E-state index in [9.17, 15) is 5.11 Å². The van der Waals surface area contributed by atoms with Crippen LogP contribution in [0.1, 0.15) is 44.9 Å². The molecule has 2 rings (SSSR count). The summed E-state index contributed by atoms with van der Waals surface area (Å²) in [7, 11) is 0. The van der Waals surface area contributed by atoms with Gasteiger partial charge in [-0.05, 0) is 44.9 Å². The molecule has 0 spiro atoms. The fourth-order valence-electron chi connectivity index (χ4n) is 2.79. The van der Waals surface area contributed by atoms with Gasteiger partial charge >= 0.3 is 0 Å².